The van der Waals surface area contributed by atoms with Gasteiger partial charge in [0.1, 0.15) is 17.7 Å². The first-order valence-corrected chi connectivity index (χ1v) is 10.5. The summed E-state index contributed by atoms with van der Waals surface area (Å²) in [5.74, 6) is -0.0405. The molecule has 2 aliphatic rings. The van der Waals surface area contributed by atoms with Crippen molar-refractivity contribution in [2.24, 2.45) is 0 Å². The predicted molar refractivity (Wildman–Crippen MR) is 113 cm³/mol. The van der Waals surface area contributed by atoms with Crippen LogP contribution in [-0.4, -0.2) is 37.4 Å². The molecule has 2 aromatic heterocycles. The van der Waals surface area contributed by atoms with Gasteiger partial charge < -0.3 is 10.6 Å². The van der Waals surface area contributed by atoms with Gasteiger partial charge in [0.25, 0.3) is 0 Å². The molecular formula is C22H22F3N7. The molecule has 1 aliphatic carbocycles. The van der Waals surface area contributed by atoms with E-state index in [4.69, 9.17) is 0 Å². The van der Waals surface area contributed by atoms with Crippen LogP contribution >= 0.6 is 0 Å². The summed E-state index contributed by atoms with van der Waals surface area (Å²) in [7, 11) is 0. The van der Waals surface area contributed by atoms with E-state index in [2.05, 4.69) is 35.5 Å². The highest BCUT2D eigenvalue weighted by molar-refractivity contribution is 5.59. The van der Waals surface area contributed by atoms with Gasteiger partial charge in [-0.15, -0.1) is 0 Å². The highest BCUT2D eigenvalue weighted by atomic mass is 19.4. The van der Waals surface area contributed by atoms with Crippen molar-refractivity contribution in [3.63, 3.8) is 0 Å². The molecule has 3 aromatic rings. The van der Waals surface area contributed by atoms with Gasteiger partial charge in [0.2, 0.25) is 5.95 Å². The normalized spacial score (nSPS) is 16.5. The lowest BCUT2D eigenvalue weighted by Crippen LogP contribution is -2.30. The van der Waals surface area contributed by atoms with Crippen LogP contribution in [0.2, 0.25) is 0 Å². The molecule has 5 rings (SSSR count). The van der Waals surface area contributed by atoms with Gasteiger partial charge in [0, 0.05) is 43.8 Å². The molecule has 0 radical (unpaired) electrons. The van der Waals surface area contributed by atoms with E-state index >= 15 is 0 Å². The van der Waals surface area contributed by atoms with Crippen molar-refractivity contribution in [3.05, 3.63) is 65.4 Å². The van der Waals surface area contributed by atoms with Crippen LogP contribution in [-0.2, 0) is 25.7 Å². The fourth-order valence-corrected chi connectivity index (χ4v) is 3.78. The third-order valence-electron chi connectivity index (χ3n) is 5.59. The van der Waals surface area contributed by atoms with Crippen molar-refractivity contribution < 1.29 is 13.2 Å². The lowest BCUT2D eigenvalue weighted by atomic mass is 9.99. The average Bonchev–Trinajstić information content (AvgIpc) is 3.58. The van der Waals surface area contributed by atoms with E-state index in [1.165, 1.54) is 11.1 Å². The van der Waals surface area contributed by atoms with Gasteiger partial charge >= 0.3 is 6.18 Å². The highest BCUT2D eigenvalue weighted by Gasteiger charge is 2.37. The van der Waals surface area contributed by atoms with Crippen molar-refractivity contribution >= 4 is 17.5 Å². The van der Waals surface area contributed by atoms with Crippen molar-refractivity contribution in [1.82, 2.24) is 24.8 Å². The molecule has 1 aliphatic heterocycles. The molecule has 3 heterocycles. The maximum absolute atomic E-state index is 13.3. The monoisotopic (exact) mass is 441 g/mol. The van der Waals surface area contributed by atoms with Crippen LogP contribution in [0.5, 0.6) is 0 Å². The van der Waals surface area contributed by atoms with Gasteiger partial charge in [-0.05, 0) is 48.6 Å². The van der Waals surface area contributed by atoms with Crippen LogP contribution in [0.3, 0.4) is 0 Å². The number of alkyl halides is 3. The zero-order valence-corrected chi connectivity index (χ0v) is 17.2. The minimum absolute atomic E-state index is 0.0449. The van der Waals surface area contributed by atoms with E-state index in [9.17, 15) is 13.2 Å². The summed E-state index contributed by atoms with van der Waals surface area (Å²) >= 11 is 0. The molecule has 0 saturated heterocycles. The molecule has 1 aromatic carbocycles. The van der Waals surface area contributed by atoms with Gasteiger partial charge in [-0.25, -0.2) is 15.0 Å². The topological polar surface area (TPSA) is 78.9 Å². The summed E-state index contributed by atoms with van der Waals surface area (Å²) in [6, 6.07) is 7.92. The number of hydrogen-bond donors (Lipinski definition) is 2. The van der Waals surface area contributed by atoms with E-state index in [1.807, 2.05) is 24.3 Å². The zero-order valence-electron chi connectivity index (χ0n) is 17.2. The molecule has 166 valence electrons. The van der Waals surface area contributed by atoms with E-state index in [1.54, 1.807) is 12.5 Å². The van der Waals surface area contributed by atoms with Crippen LogP contribution < -0.4 is 10.6 Å². The minimum Gasteiger partial charge on any atom is -0.367 e. The zero-order chi connectivity index (χ0) is 22.1. The van der Waals surface area contributed by atoms with Crippen molar-refractivity contribution in [2.45, 2.75) is 44.6 Å². The SMILES string of the molecule is FC(F)(F)c1cnc(Nc2ccc3c(c2)CN(Cc2ccncn2)CC3)nc1NC1CC1. The molecule has 0 amide bonds. The quantitative estimate of drug-likeness (QED) is 0.595. The van der Waals surface area contributed by atoms with Crippen molar-refractivity contribution in [3.8, 4) is 0 Å². The highest BCUT2D eigenvalue weighted by Crippen LogP contribution is 2.36. The summed E-state index contributed by atoms with van der Waals surface area (Å²) in [6.45, 7) is 2.43. The number of nitrogens with one attached hydrogen (secondary N) is 2. The van der Waals surface area contributed by atoms with Crippen molar-refractivity contribution in [1.29, 1.82) is 0 Å². The molecular weight excluding hydrogens is 419 g/mol. The number of aromatic nitrogens is 4. The minimum atomic E-state index is -4.51. The van der Waals surface area contributed by atoms with E-state index in [0.717, 1.165) is 56.5 Å². The lowest BCUT2D eigenvalue weighted by Gasteiger charge is -2.28. The van der Waals surface area contributed by atoms with Gasteiger partial charge in [-0.2, -0.15) is 18.2 Å². The molecule has 0 atom stereocenters. The van der Waals surface area contributed by atoms with E-state index < -0.39 is 11.7 Å². The first-order chi connectivity index (χ1) is 15.4. The molecule has 0 bridgehead atoms. The fraction of sp³-hybridized carbons (Fsp3) is 0.364. The second-order valence-corrected chi connectivity index (χ2v) is 8.14. The standard InChI is InChI=1S/C22H22F3N7/c23-22(24,25)19-10-27-21(31-20(19)29-16-3-4-16)30-17-2-1-14-6-8-32(11-15(14)9-17)12-18-5-7-26-13-28-18/h1-2,5,7,9-10,13,16H,3-4,6,8,11-12H2,(H2,27,29,30,31). The molecule has 0 spiro atoms. The average molecular weight is 441 g/mol. The van der Waals surface area contributed by atoms with Crippen molar-refractivity contribution in [2.75, 3.05) is 17.2 Å². The number of benzene rings is 1. The Kier molecular flexibility index (Phi) is 5.38. The number of hydrogen-bond acceptors (Lipinski definition) is 7. The molecule has 1 saturated carbocycles. The molecule has 1 fully saturated rings. The largest absolute Gasteiger partial charge is 0.421 e. The number of halogens is 3. The van der Waals surface area contributed by atoms with E-state index in [0.29, 0.717) is 0 Å². The third-order valence-corrected chi connectivity index (χ3v) is 5.59. The third kappa shape index (κ3) is 4.80. The molecule has 10 heteroatoms. The summed E-state index contributed by atoms with van der Waals surface area (Å²) in [4.78, 5) is 18.6. The first kappa shape index (κ1) is 20.6. The van der Waals surface area contributed by atoms with Crippen LogP contribution in [0.25, 0.3) is 0 Å². The summed E-state index contributed by atoms with van der Waals surface area (Å²) in [6.07, 6.45) is 2.23. The summed E-state index contributed by atoms with van der Waals surface area (Å²) < 4.78 is 39.9. The number of anilines is 3. The fourth-order valence-electron chi connectivity index (χ4n) is 3.78. The maximum atomic E-state index is 13.3. The Labute approximate surface area is 183 Å². The van der Waals surface area contributed by atoms with Gasteiger partial charge in [0.05, 0.1) is 5.69 Å². The van der Waals surface area contributed by atoms with Crippen LogP contribution in [0.4, 0.5) is 30.6 Å². The number of rotatable bonds is 6. The summed E-state index contributed by atoms with van der Waals surface area (Å²) in [5.41, 5.74) is 3.29. The lowest BCUT2D eigenvalue weighted by molar-refractivity contribution is -0.137. The van der Waals surface area contributed by atoms with Crippen LogP contribution in [0.15, 0.2) is 43.0 Å². The number of nitrogens with zero attached hydrogens (tertiary/aromatic N) is 5. The van der Waals surface area contributed by atoms with Crippen LogP contribution in [0, 0.1) is 0 Å². The second-order valence-electron chi connectivity index (χ2n) is 8.14. The maximum Gasteiger partial charge on any atom is 0.421 e. The summed E-state index contributed by atoms with van der Waals surface area (Å²) in [5, 5.41) is 5.93. The first-order valence-electron chi connectivity index (χ1n) is 10.5. The predicted octanol–water partition coefficient (Wildman–Crippen LogP) is 4.16. The Morgan fingerprint density at radius 2 is 1.97 bits per heavy atom. The van der Waals surface area contributed by atoms with Gasteiger partial charge in [-0.3, -0.25) is 4.90 Å². The Hall–Kier alpha value is -3.27. The Morgan fingerprint density at radius 3 is 2.72 bits per heavy atom. The van der Waals surface area contributed by atoms with E-state index in [-0.39, 0.29) is 17.8 Å². The molecule has 0 unspecified atom stereocenters. The molecule has 7 nitrogen and oxygen atoms in total. The van der Waals surface area contributed by atoms with Crippen LogP contribution in [0.1, 0.15) is 35.2 Å². The smallest absolute Gasteiger partial charge is 0.367 e. The molecule has 2 N–H and O–H groups in total. The Morgan fingerprint density at radius 1 is 1.09 bits per heavy atom. The second kappa shape index (κ2) is 8.34. The number of fused-ring (bicyclic) bond motifs is 1. The van der Waals surface area contributed by atoms with Gasteiger partial charge in [-0.1, -0.05) is 6.07 Å². The Bertz CT molecular complexity index is 1100. The molecule has 32 heavy (non-hydrogen) atoms. The van der Waals surface area contributed by atoms with Gasteiger partial charge in [0.15, 0.2) is 0 Å². The Balaban J connectivity index is 1.33.